The predicted molar refractivity (Wildman–Crippen MR) is 87.3 cm³/mol. The summed E-state index contributed by atoms with van der Waals surface area (Å²) in [5, 5.41) is 0. The van der Waals surface area contributed by atoms with Gasteiger partial charge in [0.05, 0.1) is 0 Å². The lowest BCUT2D eigenvalue weighted by Gasteiger charge is -2.50. The molecule has 0 spiro atoms. The number of carbonyl (C=O) groups is 1. The van der Waals surface area contributed by atoms with E-state index in [1.807, 2.05) is 6.92 Å². The van der Waals surface area contributed by atoms with Gasteiger partial charge in [0.1, 0.15) is 6.04 Å². The van der Waals surface area contributed by atoms with Crippen LogP contribution in [0.5, 0.6) is 0 Å². The lowest BCUT2D eigenvalue weighted by molar-refractivity contribution is -0.122. The molecule has 0 aromatic heterocycles. The minimum absolute atomic E-state index is 0.0833. The zero-order valence-electron chi connectivity index (χ0n) is 13.9. The van der Waals surface area contributed by atoms with Crippen LogP contribution in [0.3, 0.4) is 0 Å². The molecule has 2 atom stereocenters. The minimum atomic E-state index is -0.293. The molecule has 0 saturated heterocycles. The number of hydrogen-bond acceptors (Lipinski definition) is 3. The molecule has 4 heteroatoms. The first-order chi connectivity index (χ1) is 9.69. The molecular formula is C17H27N3O. The molecule has 1 aliphatic rings. The van der Waals surface area contributed by atoms with Crippen LogP contribution in [0.25, 0.3) is 0 Å². The van der Waals surface area contributed by atoms with Crippen molar-refractivity contribution < 1.29 is 4.79 Å². The van der Waals surface area contributed by atoms with Crippen LogP contribution in [0.1, 0.15) is 56.7 Å². The number of nitrogens with zero attached hydrogens (tertiary/aromatic N) is 1. The number of hydrazine groups is 1. The summed E-state index contributed by atoms with van der Waals surface area (Å²) < 4.78 is 0. The van der Waals surface area contributed by atoms with Crippen LogP contribution in [-0.2, 0) is 4.79 Å². The van der Waals surface area contributed by atoms with Gasteiger partial charge in [-0.05, 0) is 69.7 Å². The fourth-order valence-electron chi connectivity index (χ4n) is 3.68. The Balaban J connectivity index is 2.61. The first kappa shape index (κ1) is 15.8. The molecule has 1 amide bonds. The van der Waals surface area contributed by atoms with Crippen LogP contribution < -0.4 is 16.2 Å². The first-order valence-corrected chi connectivity index (χ1v) is 7.60. The Morgan fingerprint density at radius 3 is 2.52 bits per heavy atom. The maximum Gasteiger partial charge on any atom is 0.256 e. The van der Waals surface area contributed by atoms with Crippen molar-refractivity contribution >= 4 is 11.6 Å². The van der Waals surface area contributed by atoms with Gasteiger partial charge < -0.3 is 4.90 Å². The maximum atomic E-state index is 12.1. The fraction of sp³-hybridized carbons (Fsp3) is 0.588. The van der Waals surface area contributed by atoms with Crippen LogP contribution in [0, 0.1) is 13.8 Å². The standard InChI is InChI=1S/C17H27N3O/c1-10-7-14-12(3)9-17(5,6)20(13(4)16(21)19-18)15(14)8-11(10)2/h7-8,12-13H,9,18H2,1-6H3,(H,19,21)/t12-,13-/m0/s1. The highest BCUT2D eigenvalue weighted by Gasteiger charge is 2.40. The Morgan fingerprint density at radius 1 is 1.38 bits per heavy atom. The van der Waals surface area contributed by atoms with Crippen molar-refractivity contribution in [1.29, 1.82) is 0 Å². The summed E-state index contributed by atoms with van der Waals surface area (Å²) in [6.07, 6.45) is 1.02. The molecule has 0 saturated carbocycles. The third kappa shape index (κ3) is 2.64. The summed E-state index contributed by atoms with van der Waals surface area (Å²) in [6, 6.07) is 4.19. The van der Waals surface area contributed by atoms with Crippen molar-refractivity contribution in [3.05, 3.63) is 28.8 Å². The van der Waals surface area contributed by atoms with E-state index in [0.717, 1.165) is 12.1 Å². The summed E-state index contributed by atoms with van der Waals surface area (Å²) in [5.74, 6) is 5.68. The number of carbonyl (C=O) groups excluding carboxylic acids is 1. The van der Waals surface area contributed by atoms with E-state index in [1.54, 1.807) is 0 Å². The number of rotatable bonds is 2. The van der Waals surface area contributed by atoms with Gasteiger partial charge >= 0.3 is 0 Å². The number of nitrogens with two attached hydrogens (primary N) is 1. The summed E-state index contributed by atoms with van der Waals surface area (Å²) in [6.45, 7) is 12.8. The molecule has 21 heavy (non-hydrogen) atoms. The third-order valence-corrected chi connectivity index (χ3v) is 4.80. The lowest BCUT2D eigenvalue weighted by atomic mass is 9.78. The molecule has 116 valence electrons. The van der Waals surface area contributed by atoms with Gasteiger partial charge in [-0.2, -0.15) is 0 Å². The van der Waals surface area contributed by atoms with Gasteiger partial charge in [-0.25, -0.2) is 5.84 Å². The Morgan fingerprint density at radius 2 is 1.95 bits per heavy atom. The van der Waals surface area contributed by atoms with Crippen molar-refractivity contribution in [2.45, 2.75) is 65.5 Å². The molecule has 1 aromatic carbocycles. The van der Waals surface area contributed by atoms with Gasteiger partial charge in [-0.3, -0.25) is 10.2 Å². The molecule has 0 aliphatic carbocycles. The van der Waals surface area contributed by atoms with E-state index in [0.29, 0.717) is 5.92 Å². The predicted octanol–water partition coefficient (Wildman–Crippen LogP) is 2.77. The van der Waals surface area contributed by atoms with Crippen LogP contribution in [0.15, 0.2) is 12.1 Å². The molecule has 1 aromatic rings. The average molecular weight is 289 g/mol. The topological polar surface area (TPSA) is 58.4 Å². The molecular weight excluding hydrogens is 262 g/mol. The van der Waals surface area contributed by atoms with Crippen molar-refractivity contribution in [1.82, 2.24) is 5.43 Å². The Hall–Kier alpha value is -1.55. The highest BCUT2D eigenvalue weighted by Crippen LogP contribution is 2.45. The molecule has 3 N–H and O–H groups in total. The summed E-state index contributed by atoms with van der Waals surface area (Å²) >= 11 is 0. The van der Waals surface area contributed by atoms with Crippen LogP contribution in [0.4, 0.5) is 5.69 Å². The number of anilines is 1. The zero-order valence-corrected chi connectivity index (χ0v) is 13.9. The summed E-state index contributed by atoms with van der Waals surface area (Å²) in [4.78, 5) is 14.3. The fourth-order valence-corrected chi connectivity index (χ4v) is 3.68. The second kappa shape index (κ2) is 5.34. The molecule has 0 bridgehead atoms. The van der Waals surface area contributed by atoms with Gasteiger partial charge in [0.15, 0.2) is 0 Å². The van der Waals surface area contributed by atoms with Gasteiger partial charge in [0.25, 0.3) is 5.91 Å². The maximum absolute atomic E-state index is 12.1. The van der Waals surface area contributed by atoms with Gasteiger partial charge in [0, 0.05) is 11.2 Å². The lowest BCUT2D eigenvalue weighted by Crippen LogP contribution is -2.58. The molecule has 1 heterocycles. The van der Waals surface area contributed by atoms with E-state index in [1.165, 1.54) is 16.7 Å². The smallest absolute Gasteiger partial charge is 0.256 e. The molecule has 0 unspecified atom stereocenters. The first-order valence-electron chi connectivity index (χ1n) is 7.60. The Kier molecular flexibility index (Phi) is 4.02. The van der Waals surface area contributed by atoms with Crippen molar-refractivity contribution in [3.8, 4) is 0 Å². The van der Waals surface area contributed by atoms with Crippen molar-refractivity contribution in [2.24, 2.45) is 5.84 Å². The van der Waals surface area contributed by atoms with Gasteiger partial charge in [-0.15, -0.1) is 0 Å². The number of aryl methyl sites for hydroxylation is 2. The molecule has 0 radical (unpaired) electrons. The van der Waals surface area contributed by atoms with E-state index in [-0.39, 0.29) is 17.5 Å². The second-order valence-corrected chi connectivity index (χ2v) is 6.97. The van der Waals surface area contributed by atoms with E-state index in [9.17, 15) is 4.79 Å². The highest BCUT2D eigenvalue weighted by molar-refractivity contribution is 5.85. The van der Waals surface area contributed by atoms with E-state index >= 15 is 0 Å². The van der Waals surface area contributed by atoms with Crippen molar-refractivity contribution in [2.75, 3.05) is 4.90 Å². The van der Waals surface area contributed by atoms with Crippen LogP contribution in [0.2, 0.25) is 0 Å². The molecule has 0 fully saturated rings. The summed E-state index contributed by atoms with van der Waals surface area (Å²) in [7, 11) is 0. The molecule has 4 nitrogen and oxygen atoms in total. The van der Waals surface area contributed by atoms with Crippen LogP contribution in [-0.4, -0.2) is 17.5 Å². The largest absolute Gasteiger partial charge is 0.354 e. The molecule has 2 rings (SSSR count). The second-order valence-electron chi connectivity index (χ2n) is 6.97. The monoisotopic (exact) mass is 289 g/mol. The Labute approximate surface area is 127 Å². The normalized spacial score (nSPS) is 21.7. The van der Waals surface area contributed by atoms with Gasteiger partial charge in [-0.1, -0.05) is 13.0 Å². The zero-order chi connectivity index (χ0) is 15.9. The van der Waals surface area contributed by atoms with Crippen LogP contribution >= 0.6 is 0 Å². The highest BCUT2D eigenvalue weighted by atomic mass is 16.2. The van der Waals surface area contributed by atoms with E-state index in [4.69, 9.17) is 5.84 Å². The van der Waals surface area contributed by atoms with E-state index < -0.39 is 0 Å². The summed E-state index contributed by atoms with van der Waals surface area (Å²) in [5.41, 5.74) is 7.25. The number of fused-ring (bicyclic) bond motifs is 1. The number of nitrogens with one attached hydrogen (secondary N) is 1. The van der Waals surface area contributed by atoms with Gasteiger partial charge in [0.2, 0.25) is 0 Å². The SMILES string of the molecule is Cc1cc2c(cc1C)N([C@@H](C)C(=O)NN)C(C)(C)C[C@@H]2C. The quantitative estimate of drug-likeness (QED) is 0.500. The molecule has 1 aliphatic heterocycles. The minimum Gasteiger partial charge on any atom is -0.354 e. The third-order valence-electron chi connectivity index (χ3n) is 4.80. The number of benzene rings is 1. The number of hydrogen-bond donors (Lipinski definition) is 2. The Bertz CT molecular complexity index is 565. The van der Waals surface area contributed by atoms with E-state index in [2.05, 4.69) is 57.1 Å². The van der Waals surface area contributed by atoms with Crippen molar-refractivity contribution in [3.63, 3.8) is 0 Å². The average Bonchev–Trinajstić information content (AvgIpc) is 2.39. The number of amides is 1.